The molecule has 0 fully saturated rings. The molecule has 0 bridgehead atoms. The topological polar surface area (TPSA) is 78.9 Å². The molecule has 0 heterocycles. The van der Waals surface area contributed by atoms with Gasteiger partial charge < -0.3 is 14.2 Å². The number of unbranched alkanes of at least 4 members (excludes halogenated alkanes) is 40. The molecule has 0 saturated carbocycles. The minimum Gasteiger partial charge on any atom is -0.462 e. The van der Waals surface area contributed by atoms with Gasteiger partial charge in [-0.3, -0.25) is 14.4 Å². The number of hydrogen-bond acceptors (Lipinski definition) is 6. The van der Waals surface area contributed by atoms with E-state index < -0.39 is 6.10 Å². The SMILES string of the molecule is CCCCC/C=C\C/C=C\CCCCCCCCCC(=O)OC[C@H](COC(=O)CCCCCCCCCCCCCCCCC)OC(=O)CCCCCCCCCCCCCCCCCCC. The zero-order valence-corrected chi connectivity index (χ0v) is 45.2. The van der Waals surface area contributed by atoms with Gasteiger partial charge in [-0.25, -0.2) is 0 Å². The summed E-state index contributed by atoms with van der Waals surface area (Å²) >= 11 is 0. The van der Waals surface area contributed by atoms with Crippen molar-refractivity contribution in [2.45, 2.75) is 335 Å². The molecule has 0 radical (unpaired) electrons. The maximum Gasteiger partial charge on any atom is 0.306 e. The molecule has 6 heteroatoms. The molecule has 0 amide bonds. The van der Waals surface area contributed by atoms with Gasteiger partial charge >= 0.3 is 17.9 Å². The Morgan fingerprint density at radius 1 is 0.299 bits per heavy atom. The molecule has 0 spiro atoms. The van der Waals surface area contributed by atoms with Gasteiger partial charge in [-0.2, -0.15) is 0 Å². The Morgan fingerprint density at radius 3 is 0.851 bits per heavy atom. The van der Waals surface area contributed by atoms with Gasteiger partial charge in [0.15, 0.2) is 6.10 Å². The van der Waals surface area contributed by atoms with Gasteiger partial charge in [0.1, 0.15) is 13.2 Å². The molecule has 0 unspecified atom stereocenters. The first kappa shape index (κ1) is 64.9. The number of allylic oxidation sites excluding steroid dienone is 4. The Bertz CT molecular complexity index is 1080. The fourth-order valence-corrected chi connectivity index (χ4v) is 8.95. The average molecular weight is 944 g/mol. The summed E-state index contributed by atoms with van der Waals surface area (Å²) < 4.78 is 16.9. The first-order valence-corrected chi connectivity index (χ1v) is 29.8. The van der Waals surface area contributed by atoms with Crippen LogP contribution in [-0.2, 0) is 28.6 Å². The molecule has 1 atom stereocenters. The van der Waals surface area contributed by atoms with Gasteiger partial charge in [-0.05, 0) is 51.4 Å². The largest absolute Gasteiger partial charge is 0.462 e. The highest BCUT2D eigenvalue weighted by atomic mass is 16.6. The third kappa shape index (κ3) is 54.7. The van der Waals surface area contributed by atoms with E-state index in [9.17, 15) is 14.4 Å². The number of rotatable bonds is 55. The van der Waals surface area contributed by atoms with E-state index in [4.69, 9.17) is 14.2 Å². The summed E-state index contributed by atoms with van der Waals surface area (Å²) in [4.78, 5) is 38.2. The van der Waals surface area contributed by atoms with Crippen LogP contribution in [0.25, 0.3) is 0 Å². The maximum absolute atomic E-state index is 12.9. The molecular formula is C61H114O6. The average Bonchev–Trinajstić information content (AvgIpc) is 3.33. The Hall–Kier alpha value is -2.11. The second kappa shape index (κ2) is 56.5. The Labute approximate surface area is 417 Å². The van der Waals surface area contributed by atoms with Gasteiger partial charge in [-0.1, -0.05) is 283 Å². The van der Waals surface area contributed by atoms with E-state index >= 15 is 0 Å². The quantitative estimate of drug-likeness (QED) is 0.0262. The number of hydrogen-bond donors (Lipinski definition) is 0. The molecular weight excluding hydrogens is 829 g/mol. The summed E-state index contributed by atoms with van der Waals surface area (Å²) in [7, 11) is 0. The summed E-state index contributed by atoms with van der Waals surface area (Å²) in [5.74, 6) is -0.852. The van der Waals surface area contributed by atoms with Crippen LogP contribution in [0.15, 0.2) is 24.3 Å². The summed E-state index contributed by atoms with van der Waals surface area (Å²) in [5.41, 5.74) is 0. The number of esters is 3. The molecule has 67 heavy (non-hydrogen) atoms. The highest BCUT2D eigenvalue weighted by Crippen LogP contribution is 2.17. The zero-order valence-electron chi connectivity index (χ0n) is 45.2. The third-order valence-corrected chi connectivity index (χ3v) is 13.5. The van der Waals surface area contributed by atoms with Gasteiger partial charge in [0.25, 0.3) is 0 Å². The molecule has 6 nitrogen and oxygen atoms in total. The fraction of sp³-hybridized carbons (Fsp3) is 0.885. The lowest BCUT2D eigenvalue weighted by Crippen LogP contribution is -2.30. The van der Waals surface area contributed by atoms with Crippen molar-refractivity contribution in [3.63, 3.8) is 0 Å². The molecule has 0 aliphatic rings. The van der Waals surface area contributed by atoms with E-state index in [1.165, 1.54) is 218 Å². The van der Waals surface area contributed by atoms with E-state index in [2.05, 4.69) is 45.1 Å². The summed E-state index contributed by atoms with van der Waals surface area (Å²) in [6, 6.07) is 0. The predicted molar refractivity (Wildman–Crippen MR) is 289 cm³/mol. The fourth-order valence-electron chi connectivity index (χ4n) is 8.95. The first-order valence-electron chi connectivity index (χ1n) is 29.8. The van der Waals surface area contributed by atoms with Crippen LogP contribution in [0.1, 0.15) is 329 Å². The van der Waals surface area contributed by atoms with Crippen LogP contribution in [0.4, 0.5) is 0 Å². The van der Waals surface area contributed by atoms with Crippen LogP contribution in [-0.4, -0.2) is 37.2 Å². The number of ether oxygens (including phenoxy) is 3. The smallest absolute Gasteiger partial charge is 0.306 e. The standard InChI is InChI=1S/C61H114O6/c1-4-7-10-13-16-19-22-25-28-30-33-36-39-42-45-48-51-54-60(63)66-57-58(56-65-59(62)53-50-47-44-41-38-35-32-27-24-21-18-15-12-9-6-3)67-61(64)55-52-49-46-43-40-37-34-31-29-26-23-20-17-14-11-8-5-2/h16,19,25,28,58H,4-15,17-18,20-24,26-27,29-57H2,1-3H3/b19-16-,28-25-/t58-/m0/s1. The molecule has 0 aliphatic heterocycles. The van der Waals surface area contributed by atoms with Gasteiger partial charge in [0, 0.05) is 19.3 Å². The van der Waals surface area contributed by atoms with Crippen molar-refractivity contribution in [1.82, 2.24) is 0 Å². The second-order valence-corrected chi connectivity index (χ2v) is 20.3. The molecule has 0 aromatic carbocycles. The first-order chi connectivity index (χ1) is 33.0. The lowest BCUT2D eigenvalue weighted by Gasteiger charge is -2.18. The van der Waals surface area contributed by atoms with Crippen molar-refractivity contribution in [3.05, 3.63) is 24.3 Å². The molecule has 394 valence electrons. The van der Waals surface area contributed by atoms with Crippen LogP contribution in [0.3, 0.4) is 0 Å². The second-order valence-electron chi connectivity index (χ2n) is 20.3. The molecule has 0 aromatic rings. The normalized spacial score (nSPS) is 12.1. The van der Waals surface area contributed by atoms with Crippen LogP contribution in [0.5, 0.6) is 0 Å². The van der Waals surface area contributed by atoms with Crippen molar-refractivity contribution < 1.29 is 28.6 Å². The van der Waals surface area contributed by atoms with Crippen LogP contribution in [0, 0.1) is 0 Å². The van der Waals surface area contributed by atoms with Crippen LogP contribution in [0.2, 0.25) is 0 Å². The minimum atomic E-state index is -0.769. The highest BCUT2D eigenvalue weighted by Gasteiger charge is 2.19. The van der Waals surface area contributed by atoms with E-state index in [0.717, 1.165) is 70.6 Å². The Balaban J connectivity index is 4.33. The Morgan fingerprint density at radius 2 is 0.537 bits per heavy atom. The number of carbonyl (C=O) groups is 3. The highest BCUT2D eigenvalue weighted by molar-refractivity contribution is 5.71. The van der Waals surface area contributed by atoms with Gasteiger partial charge in [-0.15, -0.1) is 0 Å². The lowest BCUT2D eigenvalue weighted by atomic mass is 10.0. The van der Waals surface area contributed by atoms with Crippen molar-refractivity contribution in [2.75, 3.05) is 13.2 Å². The summed E-state index contributed by atoms with van der Waals surface area (Å²) in [6.45, 7) is 6.67. The Kier molecular flexibility index (Phi) is 54.7. The minimum absolute atomic E-state index is 0.0679. The van der Waals surface area contributed by atoms with Crippen molar-refractivity contribution in [3.8, 4) is 0 Å². The van der Waals surface area contributed by atoms with E-state index in [1.807, 2.05) is 0 Å². The zero-order chi connectivity index (χ0) is 48.6. The van der Waals surface area contributed by atoms with Crippen molar-refractivity contribution in [2.24, 2.45) is 0 Å². The lowest BCUT2D eigenvalue weighted by molar-refractivity contribution is -0.167. The molecule has 0 aromatic heterocycles. The predicted octanol–water partition coefficient (Wildman–Crippen LogP) is 19.9. The molecule has 0 saturated heterocycles. The van der Waals surface area contributed by atoms with E-state index in [1.54, 1.807) is 0 Å². The van der Waals surface area contributed by atoms with E-state index in [0.29, 0.717) is 19.3 Å². The van der Waals surface area contributed by atoms with E-state index in [-0.39, 0.29) is 31.1 Å². The van der Waals surface area contributed by atoms with Crippen molar-refractivity contribution >= 4 is 17.9 Å². The van der Waals surface area contributed by atoms with Crippen LogP contribution >= 0.6 is 0 Å². The van der Waals surface area contributed by atoms with Gasteiger partial charge in [0.2, 0.25) is 0 Å². The third-order valence-electron chi connectivity index (χ3n) is 13.5. The molecule has 0 aliphatic carbocycles. The summed E-state index contributed by atoms with van der Waals surface area (Å²) in [6.07, 6.45) is 65.9. The van der Waals surface area contributed by atoms with Crippen molar-refractivity contribution in [1.29, 1.82) is 0 Å². The van der Waals surface area contributed by atoms with Gasteiger partial charge in [0.05, 0.1) is 0 Å². The number of carbonyl (C=O) groups excluding carboxylic acids is 3. The van der Waals surface area contributed by atoms with Crippen LogP contribution < -0.4 is 0 Å². The molecule has 0 rings (SSSR count). The summed E-state index contributed by atoms with van der Waals surface area (Å²) in [5, 5.41) is 0. The monoisotopic (exact) mass is 943 g/mol. The molecule has 0 N–H and O–H groups in total. The maximum atomic E-state index is 12.9.